The van der Waals surface area contributed by atoms with Crippen LogP contribution in [0.5, 0.6) is 5.75 Å². The summed E-state index contributed by atoms with van der Waals surface area (Å²) < 4.78 is 6.88. The van der Waals surface area contributed by atoms with Crippen molar-refractivity contribution in [2.24, 2.45) is 0 Å². The number of nitrogens with one attached hydrogen (secondary N) is 1. The second kappa shape index (κ2) is 10.4. The molecule has 1 aromatic carbocycles. The fourth-order valence-corrected chi connectivity index (χ4v) is 3.04. The van der Waals surface area contributed by atoms with Crippen molar-refractivity contribution in [3.63, 3.8) is 0 Å². The van der Waals surface area contributed by atoms with Crippen LogP contribution in [0.2, 0.25) is 0 Å². The van der Waals surface area contributed by atoms with E-state index >= 15 is 0 Å². The fraction of sp³-hybridized carbons (Fsp3) is 0.500. The number of unbranched alkanes of at least 4 members (excludes halogenated alkanes) is 2. The number of halogens is 1. The molecule has 0 radical (unpaired) electrons. The molecule has 136 valence electrons. The van der Waals surface area contributed by atoms with Crippen molar-refractivity contribution in [2.75, 3.05) is 18.5 Å². The van der Waals surface area contributed by atoms with Gasteiger partial charge >= 0.3 is 0 Å². The zero-order chi connectivity index (χ0) is 18.1. The SMILES string of the molecule is CCCCCc1ccc(OCCNc2ncnc(C)c2Br)c(CC)c1. The maximum atomic E-state index is 5.98. The minimum Gasteiger partial charge on any atom is -0.491 e. The van der Waals surface area contributed by atoms with Gasteiger partial charge in [-0.05, 0) is 59.3 Å². The minimum atomic E-state index is 0.595. The summed E-state index contributed by atoms with van der Waals surface area (Å²) in [6.45, 7) is 7.65. The molecule has 5 heteroatoms. The molecule has 1 aromatic heterocycles. The highest BCUT2D eigenvalue weighted by molar-refractivity contribution is 9.10. The minimum absolute atomic E-state index is 0.595. The van der Waals surface area contributed by atoms with Crippen molar-refractivity contribution >= 4 is 21.7 Å². The lowest BCUT2D eigenvalue weighted by Crippen LogP contribution is -2.14. The van der Waals surface area contributed by atoms with Crippen molar-refractivity contribution in [2.45, 2.75) is 52.9 Å². The van der Waals surface area contributed by atoms with E-state index in [1.54, 1.807) is 6.33 Å². The first-order chi connectivity index (χ1) is 12.2. The second-order valence-corrected chi connectivity index (χ2v) is 6.94. The number of anilines is 1. The van der Waals surface area contributed by atoms with E-state index in [1.165, 1.54) is 30.4 Å². The van der Waals surface area contributed by atoms with Crippen molar-refractivity contribution < 1.29 is 4.74 Å². The van der Waals surface area contributed by atoms with Gasteiger partial charge in [0.15, 0.2) is 0 Å². The van der Waals surface area contributed by atoms with Crippen LogP contribution in [-0.4, -0.2) is 23.1 Å². The van der Waals surface area contributed by atoms with E-state index in [9.17, 15) is 0 Å². The third kappa shape index (κ3) is 5.99. The van der Waals surface area contributed by atoms with E-state index in [-0.39, 0.29) is 0 Å². The average molecular weight is 406 g/mol. The van der Waals surface area contributed by atoms with Crippen molar-refractivity contribution in [1.82, 2.24) is 9.97 Å². The summed E-state index contributed by atoms with van der Waals surface area (Å²) in [5.74, 6) is 1.79. The molecule has 0 saturated heterocycles. The third-order valence-electron chi connectivity index (χ3n) is 4.19. The van der Waals surface area contributed by atoms with Gasteiger partial charge in [-0.2, -0.15) is 0 Å². The summed E-state index contributed by atoms with van der Waals surface area (Å²) in [5, 5.41) is 3.28. The summed E-state index contributed by atoms with van der Waals surface area (Å²) in [6, 6.07) is 6.61. The van der Waals surface area contributed by atoms with Gasteiger partial charge in [-0.1, -0.05) is 38.8 Å². The van der Waals surface area contributed by atoms with Gasteiger partial charge in [-0.3, -0.25) is 0 Å². The van der Waals surface area contributed by atoms with E-state index in [4.69, 9.17) is 4.74 Å². The number of hydrogen-bond acceptors (Lipinski definition) is 4. The Hall–Kier alpha value is -1.62. The van der Waals surface area contributed by atoms with Gasteiger partial charge < -0.3 is 10.1 Å². The summed E-state index contributed by atoms with van der Waals surface area (Å²) in [5.41, 5.74) is 3.62. The van der Waals surface area contributed by atoms with Crippen molar-refractivity contribution in [3.8, 4) is 5.75 Å². The van der Waals surface area contributed by atoms with Gasteiger partial charge in [0.05, 0.1) is 16.7 Å². The van der Waals surface area contributed by atoms with Crippen LogP contribution in [0, 0.1) is 6.92 Å². The number of ether oxygens (including phenoxy) is 1. The molecule has 0 amide bonds. The molecule has 0 aliphatic carbocycles. The van der Waals surface area contributed by atoms with Gasteiger partial charge in [-0.15, -0.1) is 0 Å². The molecule has 1 N–H and O–H groups in total. The zero-order valence-corrected chi connectivity index (χ0v) is 17.0. The van der Waals surface area contributed by atoms with E-state index in [0.717, 1.165) is 34.6 Å². The molecule has 0 fully saturated rings. The number of aryl methyl sites for hydroxylation is 3. The predicted molar refractivity (Wildman–Crippen MR) is 108 cm³/mol. The Kier molecular flexibility index (Phi) is 8.19. The molecule has 2 rings (SSSR count). The van der Waals surface area contributed by atoms with Crippen LogP contribution in [-0.2, 0) is 12.8 Å². The lowest BCUT2D eigenvalue weighted by Gasteiger charge is -2.13. The molecule has 4 nitrogen and oxygen atoms in total. The zero-order valence-electron chi connectivity index (χ0n) is 15.4. The van der Waals surface area contributed by atoms with Gasteiger partial charge in [0.25, 0.3) is 0 Å². The van der Waals surface area contributed by atoms with E-state index in [0.29, 0.717) is 13.2 Å². The van der Waals surface area contributed by atoms with E-state index in [1.807, 2.05) is 6.92 Å². The summed E-state index contributed by atoms with van der Waals surface area (Å²) >= 11 is 3.51. The number of benzene rings is 1. The van der Waals surface area contributed by atoms with Gasteiger partial charge in [0.2, 0.25) is 0 Å². The van der Waals surface area contributed by atoms with Crippen LogP contribution in [0.3, 0.4) is 0 Å². The normalized spacial score (nSPS) is 10.7. The first kappa shape index (κ1) is 19.7. The van der Waals surface area contributed by atoms with Gasteiger partial charge in [0.1, 0.15) is 24.5 Å². The largest absolute Gasteiger partial charge is 0.491 e. The first-order valence-corrected chi connectivity index (χ1v) is 9.90. The molecule has 0 saturated carbocycles. The Bertz CT molecular complexity index is 676. The quantitative estimate of drug-likeness (QED) is 0.542. The maximum absolute atomic E-state index is 5.98. The highest BCUT2D eigenvalue weighted by Gasteiger charge is 2.06. The smallest absolute Gasteiger partial charge is 0.144 e. The second-order valence-electron chi connectivity index (χ2n) is 6.15. The molecule has 0 atom stereocenters. The monoisotopic (exact) mass is 405 g/mol. The highest BCUT2D eigenvalue weighted by Crippen LogP contribution is 2.23. The molecule has 1 heterocycles. The lowest BCUT2D eigenvalue weighted by atomic mass is 10.0. The summed E-state index contributed by atoms with van der Waals surface area (Å²) in [7, 11) is 0. The summed E-state index contributed by atoms with van der Waals surface area (Å²) in [4.78, 5) is 8.38. The van der Waals surface area contributed by atoms with Crippen LogP contribution >= 0.6 is 15.9 Å². The molecule has 0 aliphatic heterocycles. The van der Waals surface area contributed by atoms with Crippen molar-refractivity contribution in [1.29, 1.82) is 0 Å². The molecular formula is C20H28BrN3O. The molecule has 0 aliphatic rings. The van der Waals surface area contributed by atoms with Crippen LogP contribution in [0.15, 0.2) is 29.0 Å². The van der Waals surface area contributed by atoms with Crippen LogP contribution in [0.25, 0.3) is 0 Å². The first-order valence-electron chi connectivity index (χ1n) is 9.11. The van der Waals surface area contributed by atoms with Crippen LogP contribution in [0.4, 0.5) is 5.82 Å². The average Bonchev–Trinajstić information content (AvgIpc) is 2.63. The van der Waals surface area contributed by atoms with E-state index < -0.39 is 0 Å². The Morgan fingerprint density at radius 3 is 2.76 bits per heavy atom. The van der Waals surface area contributed by atoms with Gasteiger partial charge in [0, 0.05) is 0 Å². The number of aromatic nitrogens is 2. The predicted octanol–water partition coefficient (Wildman–Crippen LogP) is 5.33. The molecule has 0 bridgehead atoms. The van der Waals surface area contributed by atoms with Gasteiger partial charge in [-0.25, -0.2) is 9.97 Å². The van der Waals surface area contributed by atoms with Crippen molar-refractivity contribution in [3.05, 3.63) is 45.8 Å². The number of hydrogen-bond donors (Lipinski definition) is 1. The molecule has 25 heavy (non-hydrogen) atoms. The molecular weight excluding hydrogens is 378 g/mol. The Morgan fingerprint density at radius 2 is 2.00 bits per heavy atom. The Morgan fingerprint density at radius 1 is 1.16 bits per heavy atom. The highest BCUT2D eigenvalue weighted by atomic mass is 79.9. The molecule has 2 aromatic rings. The summed E-state index contributed by atoms with van der Waals surface area (Å²) in [6.07, 6.45) is 7.53. The lowest BCUT2D eigenvalue weighted by molar-refractivity contribution is 0.329. The van der Waals surface area contributed by atoms with Crippen LogP contribution < -0.4 is 10.1 Å². The molecule has 0 spiro atoms. The third-order valence-corrected chi connectivity index (χ3v) is 5.14. The Balaban J connectivity index is 1.86. The number of nitrogens with zero attached hydrogens (tertiary/aromatic N) is 2. The molecule has 0 unspecified atom stereocenters. The standard InChI is InChI=1S/C20H28BrN3O/c1-4-6-7-8-16-9-10-18(17(5-2)13-16)25-12-11-22-20-19(21)15(3)23-14-24-20/h9-10,13-14H,4-8,11-12H2,1-3H3,(H,22,23,24). The topological polar surface area (TPSA) is 47.0 Å². The van der Waals surface area contributed by atoms with Crippen LogP contribution in [0.1, 0.15) is 49.9 Å². The fourth-order valence-electron chi connectivity index (χ4n) is 2.70. The van der Waals surface area contributed by atoms with E-state index in [2.05, 4.69) is 63.3 Å². The maximum Gasteiger partial charge on any atom is 0.144 e. The Labute approximate surface area is 159 Å². The number of rotatable bonds is 10.